The van der Waals surface area contributed by atoms with E-state index in [1.165, 1.54) is 11.4 Å². The molecular formula is C6H14N2O3S. The molecule has 1 N–H and O–H groups in total. The first-order chi connectivity index (χ1) is 5.67. The van der Waals surface area contributed by atoms with Gasteiger partial charge in [-0.05, 0) is 6.42 Å². The number of ether oxygens (including phenoxy) is 1. The molecule has 1 aliphatic rings. The predicted octanol–water partition coefficient (Wildman–Crippen LogP) is -0.827. The summed E-state index contributed by atoms with van der Waals surface area (Å²) in [6, 6.07) is 0. The first-order valence-corrected chi connectivity index (χ1v) is 5.34. The van der Waals surface area contributed by atoms with Crippen LogP contribution in [-0.4, -0.2) is 46.1 Å². The molecule has 1 heterocycles. The SMILES string of the molecule is COCCNS(=O)(=O)N1CCC1. The molecule has 1 rings (SSSR count). The molecule has 0 aromatic carbocycles. The summed E-state index contributed by atoms with van der Waals surface area (Å²) in [6.07, 6.45) is 0.963. The lowest BCUT2D eigenvalue weighted by Gasteiger charge is -2.29. The molecule has 6 heteroatoms. The molecule has 0 spiro atoms. The Labute approximate surface area is 72.9 Å². The van der Waals surface area contributed by atoms with Crippen LogP contribution in [0.4, 0.5) is 0 Å². The lowest BCUT2D eigenvalue weighted by molar-refractivity contribution is 0.203. The average Bonchev–Trinajstić information content (AvgIpc) is 1.82. The van der Waals surface area contributed by atoms with E-state index in [1.54, 1.807) is 0 Å². The van der Waals surface area contributed by atoms with Gasteiger partial charge in [0.15, 0.2) is 0 Å². The van der Waals surface area contributed by atoms with Gasteiger partial charge in [-0.1, -0.05) is 0 Å². The first-order valence-electron chi connectivity index (χ1n) is 3.90. The van der Waals surface area contributed by atoms with Gasteiger partial charge in [-0.2, -0.15) is 17.4 Å². The monoisotopic (exact) mass is 194 g/mol. The van der Waals surface area contributed by atoms with Crippen LogP contribution in [0.1, 0.15) is 6.42 Å². The third kappa shape index (κ3) is 2.41. The maximum atomic E-state index is 11.2. The Balaban J connectivity index is 2.28. The molecule has 0 aromatic rings. The van der Waals surface area contributed by atoms with Crippen LogP contribution in [0.2, 0.25) is 0 Å². The van der Waals surface area contributed by atoms with Crippen molar-refractivity contribution >= 4 is 10.2 Å². The number of nitrogens with one attached hydrogen (secondary N) is 1. The molecule has 0 saturated carbocycles. The van der Waals surface area contributed by atoms with Gasteiger partial charge in [0.05, 0.1) is 6.61 Å². The van der Waals surface area contributed by atoms with Crippen LogP contribution in [0.5, 0.6) is 0 Å². The third-order valence-electron chi connectivity index (χ3n) is 1.75. The van der Waals surface area contributed by atoms with Crippen LogP contribution < -0.4 is 4.72 Å². The van der Waals surface area contributed by atoms with Crippen molar-refractivity contribution in [2.24, 2.45) is 0 Å². The van der Waals surface area contributed by atoms with E-state index in [-0.39, 0.29) is 0 Å². The zero-order valence-electron chi connectivity index (χ0n) is 7.12. The molecule has 5 nitrogen and oxygen atoms in total. The molecule has 1 fully saturated rings. The highest BCUT2D eigenvalue weighted by molar-refractivity contribution is 7.87. The van der Waals surface area contributed by atoms with Gasteiger partial charge < -0.3 is 4.74 Å². The van der Waals surface area contributed by atoms with Crippen molar-refractivity contribution in [1.82, 2.24) is 9.03 Å². The molecular weight excluding hydrogens is 180 g/mol. The van der Waals surface area contributed by atoms with Crippen molar-refractivity contribution in [2.45, 2.75) is 6.42 Å². The highest BCUT2D eigenvalue weighted by atomic mass is 32.2. The summed E-state index contributed by atoms with van der Waals surface area (Å²) < 4.78 is 31.1. The highest BCUT2D eigenvalue weighted by Gasteiger charge is 2.26. The van der Waals surface area contributed by atoms with Crippen LogP contribution in [0.3, 0.4) is 0 Å². The fourth-order valence-electron chi connectivity index (χ4n) is 0.892. The smallest absolute Gasteiger partial charge is 0.279 e. The Morgan fingerprint density at radius 2 is 2.17 bits per heavy atom. The van der Waals surface area contributed by atoms with Crippen LogP contribution in [0.15, 0.2) is 0 Å². The van der Waals surface area contributed by atoms with E-state index in [4.69, 9.17) is 4.74 Å². The number of hydrogen-bond acceptors (Lipinski definition) is 3. The van der Waals surface area contributed by atoms with E-state index in [9.17, 15) is 8.42 Å². The van der Waals surface area contributed by atoms with Crippen LogP contribution in [0, 0.1) is 0 Å². The standard InChI is InChI=1S/C6H14N2O3S/c1-11-6-3-7-12(9,10)8-4-2-5-8/h7H,2-6H2,1H3. The summed E-state index contributed by atoms with van der Waals surface area (Å²) in [6.45, 7) is 2.03. The normalized spacial score (nSPS) is 19.1. The van der Waals surface area contributed by atoms with E-state index < -0.39 is 10.2 Å². The number of hydrogen-bond donors (Lipinski definition) is 1. The van der Waals surface area contributed by atoms with Gasteiger partial charge in [0.25, 0.3) is 10.2 Å². The summed E-state index contributed by atoms with van der Waals surface area (Å²) in [7, 11) is -1.65. The van der Waals surface area contributed by atoms with Gasteiger partial charge in [-0.25, -0.2) is 0 Å². The van der Waals surface area contributed by atoms with Gasteiger partial charge in [-0.15, -0.1) is 0 Å². The molecule has 72 valence electrons. The molecule has 0 bridgehead atoms. The van der Waals surface area contributed by atoms with Crippen molar-refractivity contribution in [3.63, 3.8) is 0 Å². The Kier molecular flexibility index (Phi) is 3.45. The minimum absolute atomic E-state index is 0.343. The Morgan fingerprint density at radius 3 is 2.58 bits per heavy atom. The first kappa shape index (κ1) is 9.91. The molecule has 0 unspecified atom stereocenters. The maximum absolute atomic E-state index is 11.2. The lowest BCUT2D eigenvalue weighted by Crippen LogP contribution is -2.48. The fourth-order valence-corrected chi connectivity index (χ4v) is 2.15. The molecule has 1 aliphatic heterocycles. The van der Waals surface area contributed by atoms with E-state index in [1.807, 2.05) is 0 Å². The number of rotatable bonds is 5. The van der Waals surface area contributed by atoms with Gasteiger partial charge in [0.1, 0.15) is 0 Å². The maximum Gasteiger partial charge on any atom is 0.279 e. The summed E-state index contributed by atoms with van der Waals surface area (Å²) in [4.78, 5) is 0. The van der Waals surface area contributed by atoms with Crippen LogP contribution >= 0.6 is 0 Å². The summed E-state index contributed by atoms with van der Waals surface area (Å²) in [5, 5.41) is 0. The second-order valence-corrected chi connectivity index (χ2v) is 4.40. The largest absolute Gasteiger partial charge is 0.383 e. The lowest BCUT2D eigenvalue weighted by atomic mass is 10.3. The van der Waals surface area contributed by atoms with Crippen molar-refractivity contribution in [3.05, 3.63) is 0 Å². The van der Waals surface area contributed by atoms with Crippen molar-refractivity contribution in [2.75, 3.05) is 33.4 Å². The van der Waals surface area contributed by atoms with E-state index in [2.05, 4.69) is 4.72 Å². The Bertz CT molecular complexity index is 223. The van der Waals surface area contributed by atoms with Crippen molar-refractivity contribution in [3.8, 4) is 0 Å². The Hall–Kier alpha value is -0.170. The number of methoxy groups -OCH3 is 1. The molecule has 0 amide bonds. The second-order valence-electron chi connectivity index (χ2n) is 2.64. The van der Waals surface area contributed by atoms with Crippen molar-refractivity contribution < 1.29 is 13.2 Å². The topological polar surface area (TPSA) is 58.6 Å². The molecule has 0 aromatic heterocycles. The van der Waals surface area contributed by atoms with E-state index in [0.29, 0.717) is 26.2 Å². The third-order valence-corrected chi connectivity index (χ3v) is 3.36. The average molecular weight is 194 g/mol. The molecule has 12 heavy (non-hydrogen) atoms. The highest BCUT2D eigenvalue weighted by Crippen LogP contribution is 2.09. The zero-order valence-corrected chi connectivity index (χ0v) is 7.93. The minimum atomic E-state index is -3.19. The molecule has 0 aliphatic carbocycles. The summed E-state index contributed by atoms with van der Waals surface area (Å²) in [5.74, 6) is 0. The summed E-state index contributed by atoms with van der Waals surface area (Å²) in [5.41, 5.74) is 0. The zero-order chi connectivity index (χ0) is 9.03. The van der Waals surface area contributed by atoms with Crippen LogP contribution in [-0.2, 0) is 14.9 Å². The number of nitrogens with zero attached hydrogens (tertiary/aromatic N) is 1. The van der Waals surface area contributed by atoms with Crippen LogP contribution in [0.25, 0.3) is 0 Å². The van der Waals surface area contributed by atoms with Crippen molar-refractivity contribution in [1.29, 1.82) is 0 Å². The molecule has 1 saturated heterocycles. The molecule has 0 atom stereocenters. The second kappa shape index (κ2) is 4.18. The quantitative estimate of drug-likeness (QED) is 0.581. The summed E-state index contributed by atoms with van der Waals surface area (Å²) >= 11 is 0. The van der Waals surface area contributed by atoms with Gasteiger partial charge in [-0.3, -0.25) is 0 Å². The predicted molar refractivity (Wildman–Crippen MR) is 45.0 cm³/mol. The molecule has 0 radical (unpaired) electrons. The fraction of sp³-hybridized carbons (Fsp3) is 1.00. The minimum Gasteiger partial charge on any atom is -0.383 e. The van der Waals surface area contributed by atoms with E-state index >= 15 is 0 Å². The Morgan fingerprint density at radius 1 is 1.50 bits per heavy atom. The van der Waals surface area contributed by atoms with Gasteiger partial charge >= 0.3 is 0 Å². The van der Waals surface area contributed by atoms with Gasteiger partial charge in [0, 0.05) is 26.7 Å². The van der Waals surface area contributed by atoms with E-state index in [0.717, 1.165) is 6.42 Å². The van der Waals surface area contributed by atoms with Gasteiger partial charge in [0.2, 0.25) is 0 Å².